The maximum Gasteiger partial charge on any atom is 0.255 e. The van der Waals surface area contributed by atoms with Gasteiger partial charge in [-0.1, -0.05) is 25.1 Å². The maximum absolute atomic E-state index is 13.0. The van der Waals surface area contributed by atoms with Crippen LogP contribution in [0.25, 0.3) is 0 Å². The van der Waals surface area contributed by atoms with Crippen LogP contribution in [0.5, 0.6) is 0 Å². The molecule has 0 fully saturated rings. The predicted octanol–water partition coefficient (Wildman–Crippen LogP) is 3.95. The fourth-order valence-electron chi connectivity index (χ4n) is 2.02. The third-order valence-corrected chi connectivity index (χ3v) is 3.08. The van der Waals surface area contributed by atoms with Crippen LogP contribution in [0.3, 0.4) is 0 Å². The molecule has 2 rings (SSSR count). The van der Waals surface area contributed by atoms with Gasteiger partial charge >= 0.3 is 0 Å². The number of nitrogens with one attached hydrogen (secondary N) is 1. The lowest BCUT2D eigenvalue weighted by atomic mass is 10.1. The molecular weight excluding hydrogens is 241 g/mol. The molecule has 19 heavy (non-hydrogen) atoms. The molecule has 0 spiro atoms. The van der Waals surface area contributed by atoms with Crippen LogP contribution in [-0.2, 0) is 6.42 Å². The second kappa shape index (κ2) is 5.65. The SMILES string of the molecule is CCc1ccccc1NC(=O)c1ccc(F)cc1C. The van der Waals surface area contributed by atoms with E-state index in [1.54, 1.807) is 6.92 Å². The van der Waals surface area contributed by atoms with E-state index >= 15 is 0 Å². The number of anilines is 1. The van der Waals surface area contributed by atoms with Gasteiger partial charge in [0.05, 0.1) is 0 Å². The average molecular weight is 257 g/mol. The minimum absolute atomic E-state index is 0.210. The molecule has 0 saturated carbocycles. The molecule has 0 aliphatic carbocycles. The summed E-state index contributed by atoms with van der Waals surface area (Å²) < 4.78 is 13.0. The first-order valence-corrected chi connectivity index (χ1v) is 6.27. The van der Waals surface area contributed by atoms with Crippen molar-refractivity contribution in [3.05, 3.63) is 65.0 Å². The third-order valence-electron chi connectivity index (χ3n) is 3.08. The molecule has 0 bridgehead atoms. The normalized spacial score (nSPS) is 10.3. The van der Waals surface area contributed by atoms with Crippen LogP contribution in [0, 0.1) is 12.7 Å². The molecule has 2 aromatic carbocycles. The van der Waals surface area contributed by atoms with Gasteiger partial charge in [-0.25, -0.2) is 4.39 Å². The van der Waals surface area contributed by atoms with Crippen molar-refractivity contribution in [1.82, 2.24) is 0 Å². The summed E-state index contributed by atoms with van der Waals surface area (Å²) in [6.45, 7) is 3.76. The van der Waals surface area contributed by atoms with E-state index in [1.807, 2.05) is 31.2 Å². The lowest BCUT2D eigenvalue weighted by Gasteiger charge is -2.11. The van der Waals surface area contributed by atoms with E-state index in [4.69, 9.17) is 0 Å². The fourth-order valence-corrected chi connectivity index (χ4v) is 2.02. The van der Waals surface area contributed by atoms with Crippen molar-refractivity contribution in [2.24, 2.45) is 0 Å². The van der Waals surface area contributed by atoms with E-state index in [-0.39, 0.29) is 11.7 Å². The smallest absolute Gasteiger partial charge is 0.255 e. The van der Waals surface area contributed by atoms with Crippen molar-refractivity contribution >= 4 is 11.6 Å². The fraction of sp³-hybridized carbons (Fsp3) is 0.188. The van der Waals surface area contributed by atoms with Crippen LogP contribution in [0.4, 0.5) is 10.1 Å². The number of benzene rings is 2. The summed E-state index contributed by atoms with van der Waals surface area (Å²) in [5, 5.41) is 2.88. The molecule has 0 atom stereocenters. The summed E-state index contributed by atoms with van der Waals surface area (Å²) in [6, 6.07) is 11.8. The highest BCUT2D eigenvalue weighted by Crippen LogP contribution is 2.18. The van der Waals surface area contributed by atoms with Crippen LogP contribution in [-0.4, -0.2) is 5.91 Å². The molecular formula is C16H16FNO. The van der Waals surface area contributed by atoms with Crippen molar-refractivity contribution in [2.45, 2.75) is 20.3 Å². The summed E-state index contributed by atoms with van der Waals surface area (Å²) >= 11 is 0. The summed E-state index contributed by atoms with van der Waals surface area (Å²) in [6.07, 6.45) is 0.846. The molecule has 3 heteroatoms. The van der Waals surface area contributed by atoms with E-state index < -0.39 is 0 Å². The molecule has 0 aliphatic heterocycles. The molecule has 0 saturated heterocycles. The van der Waals surface area contributed by atoms with Crippen LogP contribution in [0.1, 0.15) is 28.4 Å². The highest BCUT2D eigenvalue weighted by Gasteiger charge is 2.11. The van der Waals surface area contributed by atoms with Crippen LogP contribution in [0.2, 0.25) is 0 Å². The summed E-state index contributed by atoms with van der Waals surface area (Å²) in [5.41, 5.74) is 3.01. The van der Waals surface area contributed by atoms with Crippen LogP contribution >= 0.6 is 0 Å². The minimum Gasteiger partial charge on any atom is -0.322 e. The summed E-state index contributed by atoms with van der Waals surface area (Å²) in [4.78, 5) is 12.2. The van der Waals surface area contributed by atoms with Gasteiger partial charge in [0.25, 0.3) is 5.91 Å². The molecule has 1 amide bonds. The number of halogens is 1. The Balaban J connectivity index is 2.26. The van der Waals surface area contributed by atoms with Gasteiger partial charge < -0.3 is 5.32 Å². The van der Waals surface area contributed by atoms with Gasteiger partial charge in [-0.2, -0.15) is 0 Å². The topological polar surface area (TPSA) is 29.1 Å². The van der Waals surface area contributed by atoms with E-state index in [0.29, 0.717) is 11.1 Å². The number of para-hydroxylation sites is 1. The first-order valence-electron chi connectivity index (χ1n) is 6.27. The van der Waals surface area contributed by atoms with Gasteiger partial charge in [0.1, 0.15) is 5.82 Å². The Morgan fingerprint density at radius 1 is 1.21 bits per heavy atom. The number of hydrogen-bond donors (Lipinski definition) is 1. The number of aryl methyl sites for hydroxylation is 2. The number of amides is 1. The van der Waals surface area contributed by atoms with Crippen molar-refractivity contribution in [1.29, 1.82) is 0 Å². The molecule has 0 heterocycles. The Hall–Kier alpha value is -2.16. The molecule has 0 radical (unpaired) electrons. The predicted molar refractivity (Wildman–Crippen MR) is 74.9 cm³/mol. The zero-order chi connectivity index (χ0) is 13.8. The van der Waals surface area contributed by atoms with Crippen LogP contribution < -0.4 is 5.32 Å². The lowest BCUT2D eigenvalue weighted by molar-refractivity contribution is 0.102. The zero-order valence-electron chi connectivity index (χ0n) is 11.0. The first kappa shape index (κ1) is 13.3. The van der Waals surface area contributed by atoms with Crippen molar-refractivity contribution in [2.75, 3.05) is 5.32 Å². The van der Waals surface area contributed by atoms with Gasteiger partial charge in [0, 0.05) is 11.3 Å². The Bertz CT molecular complexity index is 607. The standard InChI is InChI=1S/C16H16FNO/c1-3-12-6-4-5-7-15(12)18-16(19)14-9-8-13(17)10-11(14)2/h4-10H,3H2,1-2H3,(H,18,19). The van der Waals surface area contributed by atoms with E-state index in [9.17, 15) is 9.18 Å². The number of carbonyl (C=O) groups excluding carboxylic acids is 1. The first-order chi connectivity index (χ1) is 9.11. The molecule has 0 aliphatic rings. The van der Waals surface area contributed by atoms with Crippen molar-refractivity contribution in [3.8, 4) is 0 Å². The monoisotopic (exact) mass is 257 g/mol. The average Bonchev–Trinajstić information content (AvgIpc) is 2.39. The second-order valence-corrected chi connectivity index (χ2v) is 4.42. The number of carbonyl (C=O) groups is 1. The molecule has 2 nitrogen and oxygen atoms in total. The van der Waals surface area contributed by atoms with Crippen molar-refractivity contribution in [3.63, 3.8) is 0 Å². The Morgan fingerprint density at radius 3 is 2.63 bits per heavy atom. The van der Waals surface area contributed by atoms with E-state index in [2.05, 4.69) is 5.32 Å². The zero-order valence-corrected chi connectivity index (χ0v) is 11.0. The summed E-state index contributed by atoms with van der Waals surface area (Å²) in [5.74, 6) is -0.540. The Labute approximate surface area is 112 Å². The number of hydrogen-bond acceptors (Lipinski definition) is 1. The molecule has 2 aromatic rings. The second-order valence-electron chi connectivity index (χ2n) is 4.42. The van der Waals surface area contributed by atoms with Gasteiger partial charge in [-0.05, 0) is 48.7 Å². The third kappa shape index (κ3) is 2.99. The van der Waals surface area contributed by atoms with E-state index in [0.717, 1.165) is 17.7 Å². The van der Waals surface area contributed by atoms with Crippen LogP contribution in [0.15, 0.2) is 42.5 Å². The molecule has 1 N–H and O–H groups in total. The Morgan fingerprint density at radius 2 is 1.95 bits per heavy atom. The molecule has 98 valence electrons. The summed E-state index contributed by atoms with van der Waals surface area (Å²) in [7, 11) is 0. The minimum atomic E-state index is -0.331. The van der Waals surface area contributed by atoms with E-state index in [1.165, 1.54) is 18.2 Å². The highest BCUT2D eigenvalue weighted by molar-refractivity contribution is 6.05. The maximum atomic E-state index is 13.0. The Kier molecular flexibility index (Phi) is 3.95. The van der Waals surface area contributed by atoms with Gasteiger partial charge in [0.2, 0.25) is 0 Å². The highest BCUT2D eigenvalue weighted by atomic mass is 19.1. The molecule has 0 aromatic heterocycles. The van der Waals surface area contributed by atoms with Crippen molar-refractivity contribution < 1.29 is 9.18 Å². The number of rotatable bonds is 3. The lowest BCUT2D eigenvalue weighted by Crippen LogP contribution is -2.14. The van der Waals surface area contributed by atoms with Gasteiger partial charge in [-0.3, -0.25) is 4.79 Å². The van der Waals surface area contributed by atoms with Gasteiger partial charge in [0.15, 0.2) is 0 Å². The quantitative estimate of drug-likeness (QED) is 0.886. The largest absolute Gasteiger partial charge is 0.322 e. The van der Waals surface area contributed by atoms with Gasteiger partial charge in [-0.15, -0.1) is 0 Å². The molecule has 0 unspecified atom stereocenters.